The van der Waals surface area contributed by atoms with E-state index < -0.39 is 39.9 Å². The molecule has 0 unspecified atom stereocenters. The van der Waals surface area contributed by atoms with Crippen LogP contribution in [0.4, 0.5) is 10.1 Å². The third-order valence-electron chi connectivity index (χ3n) is 6.08. The fourth-order valence-electron chi connectivity index (χ4n) is 4.16. The van der Waals surface area contributed by atoms with Crippen molar-refractivity contribution in [2.45, 2.75) is 45.3 Å². The molecule has 0 aromatic heterocycles. The number of halogens is 1. The van der Waals surface area contributed by atoms with Gasteiger partial charge in [0.05, 0.1) is 19.1 Å². The lowest BCUT2D eigenvalue weighted by atomic mass is 10.0. The number of ether oxygens (including phenoxy) is 1. The molecular weight excluding hydrogens is 533 g/mol. The van der Waals surface area contributed by atoms with Gasteiger partial charge in [0.1, 0.15) is 24.2 Å². The average Bonchev–Trinajstić information content (AvgIpc) is 2.89. The van der Waals surface area contributed by atoms with Gasteiger partial charge in [-0.1, -0.05) is 42.5 Å². The van der Waals surface area contributed by atoms with Gasteiger partial charge >= 0.3 is 0 Å². The monoisotopic (exact) mass is 569 g/mol. The van der Waals surface area contributed by atoms with Gasteiger partial charge in [0, 0.05) is 18.5 Å². The van der Waals surface area contributed by atoms with Crippen molar-refractivity contribution < 1.29 is 27.1 Å². The Labute approximate surface area is 235 Å². The largest absolute Gasteiger partial charge is 0.497 e. The van der Waals surface area contributed by atoms with Crippen LogP contribution in [-0.4, -0.2) is 56.6 Å². The Morgan fingerprint density at radius 2 is 1.52 bits per heavy atom. The summed E-state index contributed by atoms with van der Waals surface area (Å²) in [6.45, 7) is 4.94. The number of nitrogens with zero attached hydrogens (tertiary/aromatic N) is 2. The first-order chi connectivity index (χ1) is 18.8. The highest BCUT2D eigenvalue weighted by Gasteiger charge is 2.34. The van der Waals surface area contributed by atoms with E-state index >= 15 is 0 Å². The summed E-state index contributed by atoms with van der Waals surface area (Å²) < 4.78 is 45.5. The van der Waals surface area contributed by atoms with Crippen LogP contribution in [0.1, 0.15) is 31.9 Å². The zero-order chi connectivity index (χ0) is 29.5. The average molecular weight is 570 g/mol. The summed E-state index contributed by atoms with van der Waals surface area (Å²) in [4.78, 5) is 29.0. The van der Waals surface area contributed by atoms with Crippen molar-refractivity contribution in [3.63, 3.8) is 0 Å². The van der Waals surface area contributed by atoms with Gasteiger partial charge in [-0.15, -0.1) is 0 Å². The molecule has 0 aliphatic carbocycles. The standard InChI is InChI=1S/C30H36FN3O5S/c1-30(2,3)32-29(36)27(19-22-9-7-6-8-10-22)33(20-23-11-13-24(31)14-12-23)28(35)21-34(40(5,37)38)25-15-17-26(39-4)18-16-25/h6-18,27H,19-21H2,1-5H3,(H,32,36)/t27-/m0/s1. The first-order valence-corrected chi connectivity index (χ1v) is 14.6. The Morgan fingerprint density at radius 3 is 2.05 bits per heavy atom. The SMILES string of the molecule is COc1ccc(N(CC(=O)N(Cc2ccc(F)cc2)[C@@H](Cc2ccccc2)C(=O)NC(C)(C)C)S(C)(=O)=O)cc1. The molecule has 3 rings (SSSR count). The van der Waals surface area contributed by atoms with Gasteiger partial charge in [0.15, 0.2) is 0 Å². The quantitative estimate of drug-likeness (QED) is 0.374. The molecule has 0 aliphatic heterocycles. The van der Waals surface area contributed by atoms with E-state index in [9.17, 15) is 22.4 Å². The topological polar surface area (TPSA) is 96.0 Å². The summed E-state index contributed by atoms with van der Waals surface area (Å²) in [5.74, 6) is -0.878. The maximum Gasteiger partial charge on any atom is 0.244 e. The van der Waals surface area contributed by atoms with E-state index in [1.54, 1.807) is 24.3 Å². The number of hydrogen-bond donors (Lipinski definition) is 1. The van der Waals surface area contributed by atoms with E-state index in [0.717, 1.165) is 16.1 Å². The molecule has 214 valence electrons. The number of amides is 2. The van der Waals surface area contributed by atoms with Crippen molar-refractivity contribution in [3.05, 3.63) is 95.8 Å². The molecule has 2 amide bonds. The molecule has 10 heteroatoms. The van der Waals surface area contributed by atoms with Crippen LogP contribution in [0.5, 0.6) is 5.75 Å². The Kier molecular flexibility index (Phi) is 9.92. The lowest BCUT2D eigenvalue weighted by molar-refractivity contribution is -0.140. The third-order valence-corrected chi connectivity index (χ3v) is 7.22. The molecule has 0 fully saturated rings. The zero-order valence-electron chi connectivity index (χ0n) is 23.4. The van der Waals surface area contributed by atoms with Crippen molar-refractivity contribution >= 4 is 27.5 Å². The minimum atomic E-state index is -3.88. The fraction of sp³-hybridized carbons (Fsp3) is 0.333. The van der Waals surface area contributed by atoms with E-state index in [0.29, 0.717) is 11.3 Å². The smallest absolute Gasteiger partial charge is 0.244 e. The predicted molar refractivity (Wildman–Crippen MR) is 154 cm³/mol. The number of rotatable bonds is 11. The van der Waals surface area contributed by atoms with Crippen molar-refractivity contribution in [2.75, 3.05) is 24.2 Å². The minimum Gasteiger partial charge on any atom is -0.497 e. The first kappa shape index (κ1) is 30.6. The summed E-state index contributed by atoms with van der Waals surface area (Å²) in [7, 11) is -2.39. The van der Waals surface area contributed by atoms with Gasteiger partial charge in [-0.25, -0.2) is 12.8 Å². The van der Waals surface area contributed by atoms with Gasteiger partial charge in [-0.3, -0.25) is 13.9 Å². The Morgan fingerprint density at radius 1 is 0.925 bits per heavy atom. The van der Waals surface area contributed by atoms with Crippen LogP contribution in [0.2, 0.25) is 0 Å². The number of anilines is 1. The maximum atomic E-state index is 14.0. The van der Waals surface area contributed by atoms with Gasteiger partial charge in [0.25, 0.3) is 0 Å². The predicted octanol–water partition coefficient (Wildman–Crippen LogP) is 4.16. The summed E-state index contributed by atoms with van der Waals surface area (Å²) >= 11 is 0. The second-order valence-corrected chi connectivity index (χ2v) is 12.5. The van der Waals surface area contributed by atoms with E-state index in [4.69, 9.17) is 4.74 Å². The summed E-state index contributed by atoms with van der Waals surface area (Å²) in [5.41, 5.74) is 1.10. The Hall–Kier alpha value is -3.92. The molecule has 3 aromatic carbocycles. The van der Waals surface area contributed by atoms with Crippen LogP contribution in [0.25, 0.3) is 0 Å². The van der Waals surface area contributed by atoms with Gasteiger partial charge in [0.2, 0.25) is 21.8 Å². The summed E-state index contributed by atoms with van der Waals surface area (Å²) in [6.07, 6.45) is 1.21. The van der Waals surface area contributed by atoms with E-state index in [1.807, 2.05) is 51.1 Å². The lowest BCUT2D eigenvalue weighted by Gasteiger charge is -2.35. The summed E-state index contributed by atoms with van der Waals surface area (Å²) in [5, 5.41) is 2.96. The molecular formula is C30H36FN3O5S. The highest BCUT2D eigenvalue weighted by molar-refractivity contribution is 7.92. The van der Waals surface area contributed by atoms with E-state index in [2.05, 4.69) is 5.32 Å². The molecule has 0 radical (unpaired) electrons. The van der Waals surface area contributed by atoms with Crippen molar-refractivity contribution in [1.82, 2.24) is 10.2 Å². The molecule has 8 nitrogen and oxygen atoms in total. The highest BCUT2D eigenvalue weighted by Crippen LogP contribution is 2.23. The van der Waals surface area contributed by atoms with Crippen LogP contribution in [0, 0.1) is 5.82 Å². The van der Waals surface area contributed by atoms with Gasteiger partial charge in [-0.05, 0) is 68.3 Å². The fourth-order valence-corrected chi connectivity index (χ4v) is 5.01. The van der Waals surface area contributed by atoms with Crippen LogP contribution < -0.4 is 14.4 Å². The molecule has 0 saturated carbocycles. The van der Waals surface area contributed by atoms with Crippen LogP contribution in [0.15, 0.2) is 78.9 Å². The van der Waals surface area contributed by atoms with Crippen LogP contribution >= 0.6 is 0 Å². The van der Waals surface area contributed by atoms with Gasteiger partial charge in [-0.2, -0.15) is 0 Å². The molecule has 0 aliphatic rings. The molecule has 0 bridgehead atoms. The van der Waals surface area contributed by atoms with E-state index in [1.165, 1.54) is 36.3 Å². The first-order valence-electron chi connectivity index (χ1n) is 12.8. The molecule has 0 heterocycles. The normalized spacial score (nSPS) is 12.3. The zero-order valence-corrected chi connectivity index (χ0v) is 24.2. The Bertz CT molecular complexity index is 1390. The Balaban J connectivity index is 2.05. The highest BCUT2D eigenvalue weighted by atomic mass is 32.2. The number of benzene rings is 3. The molecule has 0 spiro atoms. The van der Waals surface area contributed by atoms with Crippen LogP contribution in [-0.2, 0) is 32.6 Å². The molecule has 40 heavy (non-hydrogen) atoms. The number of methoxy groups -OCH3 is 1. The maximum absolute atomic E-state index is 14.0. The number of carbonyl (C=O) groups is 2. The second kappa shape index (κ2) is 13.0. The van der Waals surface area contributed by atoms with Crippen molar-refractivity contribution in [2.24, 2.45) is 0 Å². The molecule has 1 atom stereocenters. The van der Waals surface area contributed by atoms with Gasteiger partial charge < -0.3 is 15.0 Å². The number of nitrogens with one attached hydrogen (secondary N) is 1. The molecule has 1 N–H and O–H groups in total. The number of hydrogen-bond acceptors (Lipinski definition) is 5. The second-order valence-electron chi connectivity index (χ2n) is 10.6. The molecule has 3 aromatic rings. The number of carbonyl (C=O) groups excluding carboxylic acids is 2. The van der Waals surface area contributed by atoms with Crippen LogP contribution in [0.3, 0.4) is 0 Å². The lowest BCUT2D eigenvalue weighted by Crippen LogP contribution is -2.56. The number of sulfonamides is 1. The molecule has 0 saturated heterocycles. The third kappa shape index (κ3) is 8.81. The van der Waals surface area contributed by atoms with E-state index in [-0.39, 0.29) is 24.6 Å². The van der Waals surface area contributed by atoms with Crippen molar-refractivity contribution in [1.29, 1.82) is 0 Å². The summed E-state index contributed by atoms with van der Waals surface area (Å²) in [6, 6.07) is 20.2. The van der Waals surface area contributed by atoms with Crippen molar-refractivity contribution in [3.8, 4) is 5.75 Å². The minimum absolute atomic E-state index is 0.0333.